The SMILES string of the molecule is CCCC[n+]1ccccc1[N+](=O)[O-]. The van der Waals surface area contributed by atoms with Crippen LogP contribution in [0.3, 0.4) is 0 Å². The number of unbranched alkanes of at least 4 members (excludes halogenated alkanes) is 1. The molecule has 4 nitrogen and oxygen atoms in total. The number of aromatic nitrogens is 1. The van der Waals surface area contributed by atoms with Crippen LogP contribution in [0.15, 0.2) is 24.4 Å². The molecule has 0 saturated carbocycles. The topological polar surface area (TPSA) is 47.0 Å². The van der Waals surface area contributed by atoms with Crippen LogP contribution in [0.1, 0.15) is 19.8 Å². The lowest BCUT2D eigenvalue weighted by molar-refractivity contribution is -0.736. The molecule has 1 rings (SSSR count). The van der Waals surface area contributed by atoms with Crippen LogP contribution in [0, 0.1) is 10.1 Å². The Kier molecular flexibility index (Phi) is 3.37. The molecule has 0 fully saturated rings. The minimum Gasteiger partial charge on any atom is -0.253 e. The van der Waals surface area contributed by atoms with Gasteiger partial charge in [0.15, 0.2) is 12.7 Å². The van der Waals surface area contributed by atoms with E-state index in [1.807, 2.05) is 6.07 Å². The van der Waals surface area contributed by atoms with Crippen LogP contribution in [0.5, 0.6) is 0 Å². The zero-order valence-electron chi connectivity index (χ0n) is 7.64. The van der Waals surface area contributed by atoms with Crippen molar-refractivity contribution in [2.45, 2.75) is 26.3 Å². The highest BCUT2D eigenvalue weighted by atomic mass is 16.6. The Morgan fingerprint density at radius 3 is 2.92 bits per heavy atom. The van der Waals surface area contributed by atoms with E-state index in [0.29, 0.717) is 6.54 Å². The van der Waals surface area contributed by atoms with Gasteiger partial charge in [0, 0.05) is 12.5 Å². The van der Waals surface area contributed by atoms with Crippen molar-refractivity contribution in [3.8, 4) is 0 Å². The lowest BCUT2D eigenvalue weighted by Gasteiger charge is -1.94. The number of pyridine rings is 1. The van der Waals surface area contributed by atoms with Gasteiger partial charge in [0.05, 0.1) is 6.07 Å². The van der Waals surface area contributed by atoms with Gasteiger partial charge < -0.3 is 0 Å². The minimum atomic E-state index is -0.352. The second-order valence-electron chi connectivity index (χ2n) is 2.86. The standard InChI is InChI=1S/C9H13N2O2/c1-2-3-7-10-8-5-4-6-9(10)11(12)13/h4-6,8H,2-3,7H2,1H3/q+1. The third-order valence-electron chi connectivity index (χ3n) is 1.86. The maximum atomic E-state index is 10.6. The quantitative estimate of drug-likeness (QED) is 0.403. The Balaban J connectivity index is 2.84. The molecular formula is C9H13N2O2+. The summed E-state index contributed by atoms with van der Waals surface area (Å²) in [5.41, 5.74) is 0. The fourth-order valence-corrected chi connectivity index (χ4v) is 1.15. The van der Waals surface area contributed by atoms with Gasteiger partial charge in [0.2, 0.25) is 0 Å². The van der Waals surface area contributed by atoms with Crippen LogP contribution in [0.4, 0.5) is 5.82 Å². The highest BCUT2D eigenvalue weighted by Crippen LogP contribution is 2.02. The van der Waals surface area contributed by atoms with Crippen molar-refractivity contribution in [1.82, 2.24) is 0 Å². The predicted molar refractivity (Wildman–Crippen MR) is 48.2 cm³/mol. The first-order chi connectivity index (χ1) is 6.25. The van der Waals surface area contributed by atoms with Crippen LogP contribution in [-0.4, -0.2) is 4.92 Å². The van der Waals surface area contributed by atoms with E-state index in [4.69, 9.17) is 0 Å². The first-order valence-electron chi connectivity index (χ1n) is 4.38. The van der Waals surface area contributed by atoms with Crippen LogP contribution in [0.2, 0.25) is 0 Å². The van der Waals surface area contributed by atoms with E-state index in [9.17, 15) is 10.1 Å². The Labute approximate surface area is 77.0 Å². The molecule has 1 heterocycles. The van der Waals surface area contributed by atoms with E-state index in [-0.39, 0.29) is 10.7 Å². The molecule has 0 saturated heterocycles. The largest absolute Gasteiger partial charge is 0.501 e. The number of rotatable bonds is 4. The van der Waals surface area contributed by atoms with Crippen LogP contribution in [0.25, 0.3) is 0 Å². The normalized spacial score (nSPS) is 9.92. The molecule has 1 aromatic rings. The summed E-state index contributed by atoms with van der Waals surface area (Å²) >= 11 is 0. The molecule has 0 aliphatic carbocycles. The summed E-state index contributed by atoms with van der Waals surface area (Å²) in [6, 6.07) is 5.01. The molecule has 0 N–H and O–H groups in total. The number of hydrogen-bond acceptors (Lipinski definition) is 2. The Hall–Kier alpha value is -1.45. The lowest BCUT2D eigenvalue weighted by Crippen LogP contribution is -2.35. The average Bonchev–Trinajstić information content (AvgIpc) is 2.15. The van der Waals surface area contributed by atoms with E-state index in [2.05, 4.69) is 6.92 Å². The fraction of sp³-hybridized carbons (Fsp3) is 0.444. The summed E-state index contributed by atoms with van der Waals surface area (Å²) < 4.78 is 1.67. The number of nitro groups is 1. The molecule has 70 valence electrons. The summed E-state index contributed by atoms with van der Waals surface area (Å²) in [6.45, 7) is 2.78. The molecule has 0 unspecified atom stereocenters. The van der Waals surface area contributed by atoms with Crippen LogP contribution in [-0.2, 0) is 6.54 Å². The third kappa shape index (κ3) is 2.50. The molecule has 0 aromatic carbocycles. The van der Waals surface area contributed by atoms with Crippen molar-refractivity contribution in [3.05, 3.63) is 34.5 Å². The Morgan fingerprint density at radius 2 is 2.31 bits per heavy atom. The van der Waals surface area contributed by atoms with Gasteiger partial charge in [-0.05, 0) is 6.07 Å². The maximum Gasteiger partial charge on any atom is 0.501 e. The zero-order valence-corrected chi connectivity index (χ0v) is 7.64. The molecule has 13 heavy (non-hydrogen) atoms. The molecule has 0 radical (unpaired) electrons. The van der Waals surface area contributed by atoms with Crippen LogP contribution >= 0.6 is 0 Å². The van der Waals surface area contributed by atoms with Crippen molar-refractivity contribution in [1.29, 1.82) is 0 Å². The Morgan fingerprint density at radius 1 is 1.54 bits per heavy atom. The van der Waals surface area contributed by atoms with Gasteiger partial charge in [-0.2, -0.15) is 0 Å². The predicted octanol–water partition coefficient (Wildman–Crippen LogP) is 1.68. The maximum absolute atomic E-state index is 10.6. The highest BCUT2D eigenvalue weighted by molar-refractivity contribution is 5.09. The first kappa shape index (κ1) is 9.64. The number of hydrogen-bond donors (Lipinski definition) is 0. The van der Waals surface area contributed by atoms with Gasteiger partial charge in [0.1, 0.15) is 4.92 Å². The molecule has 0 atom stereocenters. The van der Waals surface area contributed by atoms with Crippen molar-refractivity contribution in [3.63, 3.8) is 0 Å². The molecular weight excluding hydrogens is 168 g/mol. The van der Waals surface area contributed by atoms with Crippen LogP contribution < -0.4 is 4.57 Å². The van der Waals surface area contributed by atoms with Gasteiger partial charge in [-0.1, -0.05) is 13.3 Å². The molecule has 0 spiro atoms. The van der Waals surface area contributed by atoms with Crippen molar-refractivity contribution in [2.75, 3.05) is 0 Å². The third-order valence-corrected chi connectivity index (χ3v) is 1.86. The molecule has 0 aliphatic rings. The van der Waals surface area contributed by atoms with Gasteiger partial charge in [0.25, 0.3) is 0 Å². The zero-order chi connectivity index (χ0) is 9.68. The molecule has 4 heteroatoms. The number of aryl methyl sites for hydroxylation is 1. The summed E-state index contributed by atoms with van der Waals surface area (Å²) in [6.07, 6.45) is 3.75. The average molecular weight is 181 g/mol. The van der Waals surface area contributed by atoms with Crippen molar-refractivity contribution < 1.29 is 9.49 Å². The molecule has 1 aromatic heterocycles. The van der Waals surface area contributed by atoms with Gasteiger partial charge in [-0.3, -0.25) is 10.1 Å². The van der Waals surface area contributed by atoms with Gasteiger partial charge in [-0.25, -0.2) is 0 Å². The smallest absolute Gasteiger partial charge is 0.253 e. The highest BCUT2D eigenvalue weighted by Gasteiger charge is 2.19. The summed E-state index contributed by atoms with van der Waals surface area (Å²) in [7, 11) is 0. The van der Waals surface area contributed by atoms with E-state index >= 15 is 0 Å². The second-order valence-corrected chi connectivity index (χ2v) is 2.86. The molecule has 0 bridgehead atoms. The molecule has 0 aliphatic heterocycles. The van der Waals surface area contributed by atoms with E-state index in [1.54, 1.807) is 16.8 Å². The Bertz CT molecular complexity index is 299. The van der Waals surface area contributed by atoms with Crippen molar-refractivity contribution in [2.24, 2.45) is 0 Å². The monoisotopic (exact) mass is 181 g/mol. The van der Waals surface area contributed by atoms with Gasteiger partial charge >= 0.3 is 5.82 Å². The van der Waals surface area contributed by atoms with E-state index < -0.39 is 0 Å². The summed E-state index contributed by atoms with van der Waals surface area (Å²) in [5, 5.41) is 10.6. The van der Waals surface area contributed by atoms with E-state index in [0.717, 1.165) is 12.8 Å². The second kappa shape index (κ2) is 4.54. The molecule has 0 amide bonds. The first-order valence-corrected chi connectivity index (χ1v) is 4.38. The summed E-state index contributed by atoms with van der Waals surface area (Å²) in [4.78, 5) is 10.2. The van der Waals surface area contributed by atoms with Crippen molar-refractivity contribution >= 4 is 5.82 Å². The van der Waals surface area contributed by atoms with E-state index in [1.165, 1.54) is 6.07 Å². The lowest BCUT2D eigenvalue weighted by atomic mass is 10.3. The van der Waals surface area contributed by atoms with Gasteiger partial charge in [-0.15, -0.1) is 4.57 Å². The minimum absolute atomic E-state index is 0.163. The number of nitrogens with zero attached hydrogens (tertiary/aromatic N) is 2. The fourth-order valence-electron chi connectivity index (χ4n) is 1.15. The summed E-state index contributed by atoms with van der Waals surface area (Å²) in [5.74, 6) is 0.163.